The van der Waals surface area contributed by atoms with E-state index in [1.807, 2.05) is 6.79 Å². The molecule has 0 aliphatic carbocycles. The van der Waals surface area contributed by atoms with Crippen LogP contribution in [0.4, 0.5) is 0 Å². The molecule has 0 fully saturated rings. The van der Waals surface area contributed by atoms with Gasteiger partial charge in [-0.25, -0.2) is 4.79 Å². The van der Waals surface area contributed by atoms with E-state index < -0.39 is 25.2 Å². The number of hydrogen-bond acceptors (Lipinski definition) is 8. The smallest absolute Gasteiger partial charge is 0.333 e. The van der Waals surface area contributed by atoms with Crippen LogP contribution < -0.4 is 0 Å². The van der Waals surface area contributed by atoms with Gasteiger partial charge in [-0.3, -0.25) is 0 Å². The normalized spacial score (nSPS) is 13.3. The first-order valence-electron chi connectivity index (χ1n) is 12.4. The van der Waals surface area contributed by atoms with Crippen molar-refractivity contribution in [2.75, 3.05) is 33.5 Å². The fraction of sp³-hybridized carbons (Fsp3) is 0.792. The second kappa shape index (κ2) is 20.1. The Kier molecular flexibility index (Phi) is 20.8. The highest BCUT2D eigenvalue weighted by molar-refractivity contribution is 6.88. The third kappa shape index (κ3) is 20.9. The monoisotopic (exact) mass is 550 g/mol. The van der Waals surface area contributed by atoms with E-state index in [0.717, 1.165) is 50.1 Å². The van der Waals surface area contributed by atoms with Crippen LogP contribution in [0.3, 0.4) is 0 Å². The van der Waals surface area contributed by atoms with Gasteiger partial charge in [-0.2, -0.15) is 0 Å². The minimum atomic E-state index is -2.43. The van der Waals surface area contributed by atoms with Gasteiger partial charge in [0.2, 0.25) is 0 Å². The summed E-state index contributed by atoms with van der Waals surface area (Å²) in [6.45, 7) is 20.7. The fourth-order valence-electron chi connectivity index (χ4n) is 3.70. The number of aldehydes is 1. The molecule has 8 nitrogen and oxygen atoms in total. The molecule has 0 saturated carbocycles. The molecule has 1 unspecified atom stereocenters. The third-order valence-electron chi connectivity index (χ3n) is 5.19. The number of carbonyl (C=O) groups is 3. The SMILES string of the molecule is C=C(C)C(=O)OCCC[Si](C)(C)O[Si](C)(CCCCC=O)O[Si](C)(C)CCCOCCOC.C=O. The molecule has 35 heavy (non-hydrogen) atoms. The Morgan fingerprint density at radius 1 is 0.800 bits per heavy atom. The number of carbonyl (C=O) groups excluding carboxylic acids is 3. The summed E-state index contributed by atoms with van der Waals surface area (Å²) in [4.78, 5) is 30.3. The standard InChI is InChI=1S/C23H48O7Si3.CH2O/c1-22(2)23(25)28-16-13-20-32(6,7)30-33(8,21-11-9-10-14-24)29-31(4,5)19-12-15-27-18-17-26-3;1-2/h14H,1,9-13,15-21H2,2-8H3;1H2. The van der Waals surface area contributed by atoms with Gasteiger partial charge in [0.1, 0.15) is 13.1 Å². The van der Waals surface area contributed by atoms with Gasteiger partial charge in [-0.1, -0.05) is 13.0 Å². The second-order valence-corrected chi connectivity index (χ2v) is 22.4. The highest BCUT2D eigenvalue weighted by atomic mass is 28.5. The largest absolute Gasteiger partial charge is 0.462 e. The van der Waals surface area contributed by atoms with E-state index >= 15 is 0 Å². The van der Waals surface area contributed by atoms with Crippen LogP contribution in [-0.4, -0.2) is 77.8 Å². The average Bonchev–Trinajstić information content (AvgIpc) is 2.77. The minimum absolute atomic E-state index is 0.341. The molecule has 0 amide bonds. The lowest BCUT2D eigenvalue weighted by Crippen LogP contribution is -2.54. The van der Waals surface area contributed by atoms with Gasteiger partial charge < -0.3 is 32.0 Å². The Labute approximate surface area is 216 Å². The van der Waals surface area contributed by atoms with Crippen LogP contribution in [0.15, 0.2) is 12.2 Å². The molecule has 0 spiro atoms. The molecule has 0 saturated heterocycles. The molecule has 0 aliphatic heterocycles. The van der Waals surface area contributed by atoms with E-state index in [1.54, 1.807) is 14.0 Å². The topological polar surface area (TPSA) is 97.4 Å². The lowest BCUT2D eigenvalue weighted by atomic mass is 10.3. The summed E-state index contributed by atoms with van der Waals surface area (Å²) in [7, 11) is -4.72. The van der Waals surface area contributed by atoms with E-state index in [-0.39, 0.29) is 5.97 Å². The van der Waals surface area contributed by atoms with Gasteiger partial charge in [0.25, 0.3) is 0 Å². The third-order valence-corrected chi connectivity index (χ3v) is 17.4. The quantitative estimate of drug-likeness (QED) is 0.0628. The van der Waals surface area contributed by atoms with Crippen LogP contribution in [0.2, 0.25) is 50.9 Å². The zero-order valence-corrected chi connectivity index (χ0v) is 26.2. The first-order valence-corrected chi connectivity index (χ1v) is 21.1. The molecular formula is C24H50O8Si3. The number of ether oxygens (including phenoxy) is 3. The lowest BCUT2D eigenvalue weighted by molar-refractivity contribution is -0.138. The van der Waals surface area contributed by atoms with E-state index in [4.69, 9.17) is 27.2 Å². The Bertz CT molecular complexity index is 601. The van der Waals surface area contributed by atoms with Crippen LogP contribution in [0, 0.1) is 0 Å². The maximum absolute atomic E-state index is 11.6. The van der Waals surface area contributed by atoms with E-state index in [2.05, 4.69) is 39.3 Å². The number of unbranched alkanes of at least 4 members (excludes halogenated alkanes) is 2. The molecule has 11 heteroatoms. The molecular weight excluding hydrogens is 501 g/mol. The lowest BCUT2D eigenvalue weighted by Gasteiger charge is -2.41. The number of methoxy groups -OCH3 is 1. The average molecular weight is 551 g/mol. The Hall–Kier alpha value is -0.959. The van der Waals surface area contributed by atoms with Gasteiger partial charge in [-0.05, 0) is 77.1 Å². The molecule has 0 heterocycles. The summed E-state index contributed by atoms with van der Waals surface area (Å²) in [5.41, 5.74) is 0.419. The number of esters is 1. The van der Waals surface area contributed by atoms with Gasteiger partial charge in [-0.15, -0.1) is 0 Å². The molecule has 1 atom stereocenters. The van der Waals surface area contributed by atoms with Crippen LogP contribution >= 0.6 is 0 Å². The van der Waals surface area contributed by atoms with Crippen molar-refractivity contribution in [3.8, 4) is 0 Å². The Morgan fingerprint density at radius 3 is 1.83 bits per heavy atom. The predicted molar refractivity (Wildman–Crippen MR) is 148 cm³/mol. The van der Waals surface area contributed by atoms with Crippen LogP contribution in [0.5, 0.6) is 0 Å². The molecule has 0 aromatic carbocycles. The van der Waals surface area contributed by atoms with Crippen molar-refractivity contribution < 1.29 is 36.8 Å². The summed E-state index contributed by atoms with van der Waals surface area (Å²) >= 11 is 0. The highest BCUT2D eigenvalue weighted by Gasteiger charge is 2.42. The van der Waals surface area contributed by atoms with Gasteiger partial charge in [0.15, 0.2) is 16.6 Å². The summed E-state index contributed by atoms with van der Waals surface area (Å²) in [6, 6.07) is 2.80. The Balaban J connectivity index is 0. The van der Waals surface area contributed by atoms with E-state index in [0.29, 0.717) is 38.4 Å². The van der Waals surface area contributed by atoms with E-state index in [9.17, 15) is 9.59 Å². The van der Waals surface area contributed by atoms with E-state index in [1.165, 1.54) is 0 Å². The number of rotatable bonds is 21. The van der Waals surface area contributed by atoms with Crippen molar-refractivity contribution in [2.45, 2.75) is 89.9 Å². The summed E-state index contributed by atoms with van der Waals surface area (Å²) in [5, 5.41) is 0. The van der Waals surface area contributed by atoms with Crippen LogP contribution in [0.1, 0.15) is 39.0 Å². The highest BCUT2D eigenvalue weighted by Crippen LogP contribution is 2.30. The van der Waals surface area contributed by atoms with Crippen molar-refractivity contribution in [1.82, 2.24) is 0 Å². The molecule has 0 aromatic rings. The minimum Gasteiger partial charge on any atom is -0.462 e. The molecule has 0 aliphatic rings. The van der Waals surface area contributed by atoms with Crippen molar-refractivity contribution in [1.29, 1.82) is 0 Å². The zero-order chi connectivity index (χ0) is 27.4. The van der Waals surface area contributed by atoms with Gasteiger partial charge in [0, 0.05) is 25.7 Å². The summed E-state index contributed by atoms with van der Waals surface area (Å²) < 4.78 is 29.6. The molecule has 0 aromatic heterocycles. The van der Waals surface area contributed by atoms with Gasteiger partial charge in [0.05, 0.1) is 19.8 Å². The molecule has 0 radical (unpaired) electrons. The molecule has 0 rings (SSSR count). The Morgan fingerprint density at radius 2 is 1.34 bits per heavy atom. The molecule has 0 N–H and O–H groups in total. The van der Waals surface area contributed by atoms with Crippen molar-refractivity contribution >= 4 is 44.2 Å². The predicted octanol–water partition coefficient (Wildman–Crippen LogP) is 5.25. The maximum Gasteiger partial charge on any atom is 0.333 e. The molecule has 206 valence electrons. The first kappa shape index (κ1) is 36.2. The second-order valence-electron chi connectivity index (χ2n) is 10.00. The molecule has 0 bridgehead atoms. The summed E-state index contributed by atoms with van der Waals surface area (Å²) in [5.74, 6) is -0.341. The fourth-order valence-corrected chi connectivity index (χ4v) is 18.1. The maximum atomic E-state index is 11.6. The number of hydrogen-bond donors (Lipinski definition) is 0. The van der Waals surface area contributed by atoms with Crippen LogP contribution in [0.25, 0.3) is 0 Å². The van der Waals surface area contributed by atoms with Crippen LogP contribution in [-0.2, 0) is 36.8 Å². The zero-order valence-electron chi connectivity index (χ0n) is 23.2. The van der Waals surface area contributed by atoms with Crippen molar-refractivity contribution in [2.24, 2.45) is 0 Å². The first-order chi connectivity index (χ1) is 16.4. The van der Waals surface area contributed by atoms with Gasteiger partial charge >= 0.3 is 14.5 Å². The van der Waals surface area contributed by atoms with Crippen molar-refractivity contribution in [3.63, 3.8) is 0 Å². The summed E-state index contributed by atoms with van der Waals surface area (Å²) in [6.07, 6.45) is 5.10. The van der Waals surface area contributed by atoms with Crippen molar-refractivity contribution in [3.05, 3.63) is 12.2 Å².